The van der Waals surface area contributed by atoms with E-state index in [4.69, 9.17) is 0 Å². The Kier molecular flexibility index (Phi) is 90.8. The fourth-order valence-electron chi connectivity index (χ4n) is 0. The number of hydrogen-bond acceptors (Lipinski definition) is 0. The first-order valence-electron chi connectivity index (χ1n) is 0. The second-order valence-corrected chi connectivity index (χ2v) is 0. The van der Waals surface area contributed by atoms with E-state index >= 15 is 0 Å². The Morgan fingerprint density at radius 3 is 0.750 bits per heavy atom. The molecule has 0 fully saturated rings. The van der Waals surface area contributed by atoms with Crippen molar-refractivity contribution in [1.29, 1.82) is 0 Å². The largest absolute Gasteiger partial charge is 0 e. The van der Waals surface area contributed by atoms with Crippen LogP contribution in [0.15, 0.2) is 0 Å². The van der Waals surface area contributed by atoms with Crippen molar-refractivity contribution < 1.29 is 145 Å². The van der Waals surface area contributed by atoms with Crippen LogP contribution in [0.4, 0.5) is 0 Å². The second-order valence-electron chi connectivity index (χ2n) is 0. The van der Waals surface area contributed by atoms with E-state index in [0.29, 0.717) is 0 Å². The normalized spacial score (nSPS) is 0. The van der Waals surface area contributed by atoms with E-state index < -0.39 is 0 Å². The predicted molar refractivity (Wildman–Crippen MR) is 0 cm³/mol. The van der Waals surface area contributed by atoms with Crippen LogP contribution < -0.4 is 0 Å². The van der Waals surface area contributed by atoms with E-state index in [1.165, 1.54) is 0 Å². The molecule has 15 valence electrons. The molecule has 0 aliphatic rings. The fourth-order valence-corrected chi connectivity index (χ4v) is 0. The third kappa shape index (κ3) is 9.95. The van der Waals surface area contributed by atoms with Crippen molar-refractivity contribution in [2.24, 2.45) is 0 Å². The molecule has 0 rings (SSSR count). The monoisotopic (exact) mass is 509 g/mol. The van der Waals surface area contributed by atoms with Crippen LogP contribution in [0.5, 0.6) is 0 Å². The molecule has 0 aromatic rings. The maximum Gasteiger partial charge on any atom is 0 e. The molecule has 4 heavy (non-hydrogen) atoms. The summed E-state index contributed by atoms with van der Waals surface area (Å²) in [6.45, 7) is 0. The molecule has 0 spiro atoms. The zero-order chi connectivity index (χ0) is 0. The summed E-state index contributed by atoms with van der Waals surface area (Å²) in [4.78, 5) is 0. The summed E-state index contributed by atoms with van der Waals surface area (Å²) < 4.78 is 0. The van der Waals surface area contributed by atoms with E-state index in [1.54, 1.807) is 0 Å². The summed E-state index contributed by atoms with van der Waals surface area (Å²) in [5.41, 5.74) is 0. The van der Waals surface area contributed by atoms with Crippen LogP contribution >= 0.6 is 0 Å². The first-order valence-corrected chi connectivity index (χ1v) is 0. The van der Waals surface area contributed by atoms with Gasteiger partial charge in [-0.3, -0.25) is 0 Å². The molecule has 0 atom stereocenters. The quantitative estimate of drug-likeness (QED) is 0.431. The van der Waals surface area contributed by atoms with E-state index in [0.717, 1.165) is 0 Å². The maximum absolute atomic E-state index is 0. The zero-order valence-corrected chi connectivity index (χ0v) is 14.4. The molecule has 1 radical (unpaired) electrons. The van der Waals surface area contributed by atoms with Gasteiger partial charge in [-0.1, -0.05) is 0 Å². The van der Waals surface area contributed by atoms with Crippen molar-refractivity contribution >= 4 is 0 Å². The summed E-state index contributed by atoms with van der Waals surface area (Å²) in [7, 11) is 0. The molecule has 0 aliphatic carbocycles. The van der Waals surface area contributed by atoms with Gasteiger partial charge in [0.1, 0.15) is 0 Å². The zero-order valence-electron chi connectivity index (χ0n) is 2.08. The Balaban J connectivity index is 0. The van der Waals surface area contributed by atoms with E-state index in [9.17, 15) is 0 Å². The molecule has 0 unspecified atom stereocenters. The van der Waals surface area contributed by atoms with Crippen LogP contribution in [0, 0.1) is 119 Å². The average Bonchev–Trinajstić information content (AvgIpc) is 0. The predicted octanol–water partition coefficient (Wildman–Crippen LogP) is -0.00250. The van der Waals surface area contributed by atoms with Gasteiger partial charge < -0.3 is 0 Å². The second kappa shape index (κ2) is 15.7. The van der Waals surface area contributed by atoms with Crippen LogP contribution in [-0.2, 0) is 26.2 Å². The van der Waals surface area contributed by atoms with E-state index in [2.05, 4.69) is 0 Å². The Morgan fingerprint density at radius 2 is 0.750 bits per heavy atom. The van der Waals surface area contributed by atoms with E-state index in [1.807, 2.05) is 0 Å². The van der Waals surface area contributed by atoms with Gasteiger partial charge in [-0.2, -0.15) is 0 Å². The van der Waals surface area contributed by atoms with Gasteiger partial charge in [0.25, 0.3) is 0 Å². The minimum Gasteiger partial charge on any atom is 0 e. The summed E-state index contributed by atoms with van der Waals surface area (Å²) in [5, 5.41) is 0. The van der Waals surface area contributed by atoms with Gasteiger partial charge in [0.05, 0.1) is 0 Å². The smallest absolute Gasteiger partial charge is 0 e. The summed E-state index contributed by atoms with van der Waals surface area (Å²) in [5.74, 6) is 0. The van der Waals surface area contributed by atoms with Gasteiger partial charge in [-0.05, 0) is 0 Å². The Bertz CT molecular complexity index is 6.00. The SMILES string of the molecule is [Ce].[Ce].[La].[Zr]. The van der Waals surface area contributed by atoms with Gasteiger partial charge in [-0.15, -0.1) is 0 Å². The van der Waals surface area contributed by atoms with Crippen molar-refractivity contribution in [3.63, 3.8) is 0 Å². The van der Waals surface area contributed by atoms with Crippen molar-refractivity contribution in [2.75, 3.05) is 0 Å². The van der Waals surface area contributed by atoms with Crippen molar-refractivity contribution in [3.8, 4) is 0 Å². The third-order valence-electron chi connectivity index (χ3n) is 0. The third-order valence-corrected chi connectivity index (χ3v) is 0. The maximum atomic E-state index is 0. The van der Waals surface area contributed by atoms with Crippen LogP contribution in [0.1, 0.15) is 0 Å². The van der Waals surface area contributed by atoms with Crippen LogP contribution in [0.3, 0.4) is 0 Å². The molecular weight excluding hydrogens is 510 g/mol. The summed E-state index contributed by atoms with van der Waals surface area (Å²) in [6.07, 6.45) is 0. The fraction of sp³-hybridized carbons (Fsp3) is 0. The summed E-state index contributed by atoms with van der Waals surface area (Å²) >= 11 is 0. The first-order chi connectivity index (χ1) is 0. The van der Waals surface area contributed by atoms with Gasteiger partial charge in [0, 0.05) is 145 Å². The molecule has 0 aromatic carbocycles. The topological polar surface area (TPSA) is 0 Å². The molecule has 4 heteroatoms. The Labute approximate surface area is 140 Å². The van der Waals surface area contributed by atoms with Crippen LogP contribution in [0.25, 0.3) is 0 Å². The number of rotatable bonds is 0. The van der Waals surface area contributed by atoms with Gasteiger partial charge in [-0.25, -0.2) is 0 Å². The molecule has 0 saturated heterocycles. The molecule has 0 amide bonds. The molecular formula is Ce2LaZr. The van der Waals surface area contributed by atoms with Crippen molar-refractivity contribution in [2.45, 2.75) is 0 Å². The first kappa shape index (κ1) is 23.2. The Morgan fingerprint density at radius 1 is 0.750 bits per heavy atom. The van der Waals surface area contributed by atoms with Crippen LogP contribution in [-0.4, -0.2) is 0 Å². The Hall–Kier alpha value is 4.83. The number of hydrogen-bond donors (Lipinski definition) is 0. The van der Waals surface area contributed by atoms with Crippen molar-refractivity contribution in [3.05, 3.63) is 0 Å². The van der Waals surface area contributed by atoms with Crippen molar-refractivity contribution in [1.82, 2.24) is 0 Å². The van der Waals surface area contributed by atoms with Crippen LogP contribution in [0.2, 0.25) is 0 Å². The van der Waals surface area contributed by atoms with E-state index in [-0.39, 0.29) is 145 Å². The minimum absolute atomic E-state index is 0. The minimum atomic E-state index is 0. The molecule has 0 N–H and O–H groups in total. The van der Waals surface area contributed by atoms with Gasteiger partial charge in [0.15, 0.2) is 0 Å². The summed E-state index contributed by atoms with van der Waals surface area (Å²) in [6, 6.07) is 0. The molecule has 0 aliphatic heterocycles. The molecule has 0 nitrogen and oxygen atoms in total. The standard InChI is InChI=1S/2Ce.La.Zr. The van der Waals surface area contributed by atoms with Gasteiger partial charge in [0.2, 0.25) is 0 Å². The average molecular weight is 510 g/mol. The molecule has 0 heterocycles. The van der Waals surface area contributed by atoms with Gasteiger partial charge >= 0.3 is 0 Å². The molecule has 0 aromatic heterocycles. The molecule has 0 bridgehead atoms. The molecule has 0 saturated carbocycles.